The standard InChI is InChI=1S/C18H19FN2O3S/c1-12(14-3-5-16(19)6-4-14)20-25(23,24)17-7-8-18-15(11-17)9-10-21(18)13(2)22/h3-8,11-12,20H,9-10H2,1-2H3/t12-/m1/s1. The van der Waals surface area contributed by atoms with Crippen molar-refractivity contribution in [3.8, 4) is 0 Å². The molecule has 2 aromatic rings. The summed E-state index contributed by atoms with van der Waals surface area (Å²) in [7, 11) is -3.72. The number of hydrogen-bond donors (Lipinski definition) is 1. The normalized spacial score (nSPS) is 15.1. The number of sulfonamides is 1. The van der Waals surface area contributed by atoms with Crippen LogP contribution in [-0.4, -0.2) is 20.9 Å². The number of hydrogen-bond acceptors (Lipinski definition) is 3. The summed E-state index contributed by atoms with van der Waals surface area (Å²) >= 11 is 0. The molecule has 0 aliphatic carbocycles. The lowest BCUT2D eigenvalue weighted by molar-refractivity contribution is -0.116. The molecule has 2 aromatic carbocycles. The predicted octanol–water partition coefficient (Wildman–Crippen LogP) is 2.77. The van der Waals surface area contributed by atoms with Gasteiger partial charge in [0, 0.05) is 25.2 Å². The molecular weight excluding hydrogens is 343 g/mol. The Morgan fingerprint density at radius 3 is 2.52 bits per heavy atom. The van der Waals surface area contributed by atoms with Crippen LogP contribution in [0.1, 0.15) is 31.0 Å². The summed E-state index contributed by atoms with van der Waals surface area (Å²) in [5.41, 5.74) is 2.28. The molecule has 25 heavy (non-hydrogen) atoms. The van der Waals surface area contributed by atoms with Crippen LogP contribution in [0.2, 0.25) is 0 Å². The lowest BCUT2D eigenvalue weighted by atomic mass is 10.1. The van der Waals surface area contributed by atoms with E-state index in [9.17, 15) is 17.6 Å². The summed E-state index contributed by atoms with van der Waals surface area (Å²) in [5.74, 6) is -0.426. The summed E-state index contributed by atoms with van der Waals surface area (Å²) in [4.78, 5) is 13.4. The van der Waals surface area contributed by atoms with Crippen LogP contribution in [-0.2, 0) is 21.2 Å². The number of carbonyl (C=O) groups is 1. The molecule has 1 amide bonds. The second-order valence-corrected chi connectivity index (χ2v) is 7.82. The Morgan fingerprint density at radius 1 is 1.20 bits per heavy atom. The minimum Gasteiger partial charge on any atom is -0.312 e. The maximum absolute atomic E-state index is 13.0. The van der Waals surface area contributed by atoms with E-state index in [1.807, 2.05) is 0 Å². The molecule has 0 saturated heterocycles. The molecule has 0 radical (unpaired) electrons. The van der Waals surface area contributed by atoms with Crippen molar-refractivity contribution in [2.75, 3.05) is 11.4 Å². The molecule has 1 N–H and O–H groups in total. The summed E-state index contributed by atoms with van der Waals surface area (Å²) in [5, 5.41) is 0. The van der Waals surface area contributed by atoms with Crippen molar-refractivity contribution in [3.63, 3.8) is 0 Å². The number of nitrogens with zero attached hydrogens (tertiary/aromatic N) is 1. The topological polar surface area (TPSA) is 66.5 Å². The Morgan fingerprint density at radius 2 is 1.88 bits per heavy atom. The Labute approximate surface area is 146 Å². The maximum atomic E-state index is 13.0. The average molecular weight is 362 g/mol. The maximum Gasteiger partial charge on any atom is 0.241 e. The molecule has 0 unspecified atom stereocenters. The first-order chi connectivity index (χ1) is 11.8. The van der Waals surface area contributed by atoms with Crippen LogP contribution >= 0.6 is 0 Å². The van der Waals surface area contributed by atoms with E-state index in [0.717, 1.165) is 11.3 Å². The highest BCUT2D eigenvalue weighted by molar-refractivity contribution is 7.89. The zero-order valence-corrected chi connectivity index (χ0v) is 14.8. The highest BCUT2D eigenvalue weighted by atomic mass is 32.2. The Kier molecular flexibility index (Phi) is 4.62. The molecule has 0 bridgehead atoms. The minimum atomic E-state index is -3.72. The molecule has 0 fully saturated rings. The van der Waals surface area contributed by atoms with E-state index in [4.69, 9.17) is 0 Å². The first-order valence-corrected chi connectivity index (χ1v) is 9.45. The van der Waals surface area contributed by atoms with Gasteiger partial charge in [-0.15, -0.1) is 0 Å². The largest absolute Gasteiger partial charge is 0.312 e. The second-order valence-electron chi connectivity index (χ2n) is 6.11. The lowest BCUT2D eigenvalue weighted by Crippen LogP contribution is -2.27. The molecule has 7 heteroatoms. The van der Waals surface area contributed by atoms with Crippen molar-refractivity contribution in [1.82, 2.24) is 4.72 Å². The van der Waals surface area contributed by atoms with E-state index >= 15 is 0 Å². The fraction of sp³-hybridized carbons (Fsp3) is 0.278. The molecule has 0 aromatic heterocycles. The van der Waals surface area contributed by atoms with Gasteiger partial charge < -0.3 is 4.90 Å². The molecular formula is C18H19FN2O3S. The van der Waals surface area contributed by atoms with Crippen molar-refractivity contribution < 1.29 is 17.6 Å². The van der Waals surface area contributed by atoms with Crippen LogP contribution in [0.25, 0.3) is 0 Å². The molecule has 132 valence electrons. The third-order valence-corrected chi connectivity index (χ3v) is 5.88. The van der Waals surface area contributed by atoms with E-state index in [1.165, 1.54) is 25.1 Å². The van der Waals surface area contributed by atoms with Crippen molar-refractivity contribution in [3.05, 3.63) is 59.4 Å². The Balaban J connectivity index is 1.83. The Bertz CT molecular complexity index is 910. The number of fused-ring (bicyclic) bond motifs is 1. The molecule has 1 aliphatic heterocycles. The first-order valence-electron chi connectivity index (χ1n) is 7.97. The number of anilines is 1. The third-order valence-electron chi connectivity index (χ3n) is 4.34. The molecule has 3 rings (SSSR count). The quantitative estimate of drug-likeness (QED) is 0.909. The van der Waals surface area contributed by atoms with E-state index in [-0.39, 0.29) is 16.6 Å². The summed E-state index contributed by atoms with van der Waals surface area (Å²) in [6.45, 7) is 3.76. The van der Waals surface area contributed by atoms with Gasteiger partial charge in [0.25, 0.3) is 0 Å². The van der Waals surface area contributed by atoms with Gasteiger partial charge in [-0.25, -0.2) is 17.5 Å². The van der Waals surface area contributed by atoms with Crippen molar-refractivity contribution in [2.24, 2.45) is 0 Å². The second kappa shape index (κ2) is 6.57. The smallest absolute Gasteiger partial charge is 0.241 e. The van der Waals surface area contributed by atoms with Gasteiger partial charge in [0.15, 0.2) is 0 Å². The van der Waals surface area contributed by atoms with Gasteiger partial charge in [-0.05, 0) is 54.8 Å². The zero-order chi connectivity index (χ0) is 18.2. The van der Waals surface area contributed by atoms with E-state index in [1.54, 1.807) is 36.1 Å². The van der Waals surface area contributed by atoms with Gasteiger partial charge in [-0.2, -0.15) is 0 Å². The highest BCUT2D eigenvalue weighted by Gasteiger charge is 2.25. The van der Waals surface area contributed by atoms with Crippen LogP contribution in [0, 0.1) is 5.82 Å². The number of rotatable bonds is 4. The number of carbonyl (C=O) groups excluding carboxylic acids is 1. The number of benzene rings is 2. The Hall–Kier alpha value is -2.25. The van der Waals surface area contributed by atoms with Crippen LogP contribution in [0.15, 0.2) is 47.4 Å². The summed E-state index contributed by atoms with van der Waals surface area (Å²) in [6.07, 6.45) is 0.631. The highest BCUT2D eigenvalue weighted by Crippen LogP contribution is 2.30. The fourth-order valence-electron chi connectivity index (χ4n) is 2.99. The van der Waals surface area contributed by atoms with Crippen LogP contribution in [0.3, 0.4) is 0 Å². The lowest BCUT2D eigenvalue weighted by Gasteiger charge is -2.17. The molecule has 1 atom stereocenters. The van der Waals surface area contributed by atoms with Crippen LogP contribution < -0.4 is 9.62 Å². The van der Waals surface area contributed by atoms with Crippen molar-refractivity contribution in [1.29, 1.82) is 0 Å². The van der Waals surface area contributed by atoms with Gasteiger partial charge in [0.2, 0.25) is 15.9 Å². The van der Waals surface area contributed by atoms with Gasteiger partial charge in [0.1, 0.15) is 5.82 Å². The van der Waals surface area contributed by atoms with Gasteiger partial charge in [-0.3, -0.25) is 4.79 Å². The number of nitrogens with one attached hydrogen (secondary N) is 1. The molecule has 0 spiro atoms. The van der Waals surface area contributed by atoms with Crippen LogP contribution in [0.5, 0.6) is 0 Å². The fourth-order valence-corrected chi connectivity index (χ4v) is 4.27. The number of amides is 1. The average Bonchev–Trinajstić information content (AvgIpc) is 2.98. The van der Waals surface area contributed by atoms with Gasteiger partial charge in [-0.1, -0.05) is 12.1 Å². The third kappa shape index (κ3) is 3.57. The van der Waals surface area contributed by atoms with Crippen molar-refractivity contribution in [2.45, 2.75) is 31.2 Å². The van der Waals surface area contributed by atoms with E-state index < -0.39 is 16.1 Å². The molecule has 0 saturated carbocycles. The number of halogens is 1. The first kappa shape index (κ1) is 17.6. The monoisotopic (exact) mass is 362 g/mol. The zero-order valence-electron chi connectivity index (χ0n) is 14.0. The van der Waals surface area contributed by atoms with Crippen LogP contribution in [0.4, 0.5) is 10.1 Å². The van der Waals surface area contributed by atoms with Crippen molar-refractivity contribution >= 4 is 21.6 Å². The minimum absolute atomic E-state index is 0.0579. The molecule has 1 heterocycles. The van der Waals surface area contributed by atoms with E-state index in [2.05, 4.69) is 4.72 Å². The van der Waals surface area contributed by atoms with Gasteiger partial charge >= 0.3 is 0 Å². The molecule has 1 aliphatic rings. The van der Waals surface area contributed by atoms with E-state index in [0.29, 0.717) is 18.5 Å². The summed E-state index contributed by atoms with van der Waals surface area (Å²) < 4.78 is 40.9. The van der Waals surface area contributed by atoms with Gasteiger partial charge in [0.05, 0.1) is 4.90 Å². The predicted molar refractivity (Wildman–Crippen MR) is 93.3 cm³/mol. The summed E-state index contributed by atoms with van der Waals surface area (Å²) in [6, 6.07) is 9.98. The molecule has 5 nitrogen and oxygen atoms in total. The SMILES string of the molecule is CC(=O)N1CCc2cc(S(=O)(=O)N[C@H](C)c3ccc(F)cc3)ccc21.